The molecule has 0 aliphatic carbocycles. The van der Waals surface area contributed by atoms with Crippen LogP contribution in [-0.4, -0.2) is 36.6 Å². The molecule has 4 heteroatoms. The molecule has 1 aliphatic rings. The highest BCUT2D eigenvalue weighted by molar-refractivity contribution is 6.61. The van der Waals surface area contributed by atoms with Gasteiger partial charge in [-0.25, -0.2) is 4.79 Å². The van der Waals surface area contributed by atoms with Gasteiger partial charge in [0.15, 0.2) is 0 Å². The lowest BCUT2D eigenvalue weighted by molar-refractivity contribution is 0.0733. The van der Waals surface area contributed by atoms with Crippen LogP contribution in [0.3, 0.4) is 0 Å². The maximum Gasteiger partial charge on any atom is 0.404 e. The van der Waals surface area contributed by atoms with Gasteiger partial charge in [0.25, 0.3) is 0 Å². The lowest BCUT2D eigenvalue weighted by Gasteiger charge is -2.27. The second-order valence-electron chi connectivity index (χ2n) is 2.86. The van der Waals surface area contributed by atoms with Crippen LogP contribution in [-0.2, 0) is 4.74 Å². The Bertz CT molecular complexity index is 143. The van der Waals surface area contributed by atoms with E-state index in [1.54, 1.807) is 0 Å². The first-order valence-corrected chi connectivity index (χ1v) is 4.11. The minimum absolute atomic E-state index is 0.0381. The van der Waals surface area contributed by atoms with E-state index in [0.29, 0.717) is 0 Å². The molecular weight excluding hydrogens is 166 g/mol. The van der Waals surface area contributed by atoms with Crippen molar-refractivity contribution < 1.29 is 9.53 Å². The van der Waals surface area contributed by atoms with Crippen LogP contribution in [0.25, 0.3) is 0 Å². The average Bonchev–Trinajstić information content (AvgIpc) is 1.93. The lowest BCUT2D eigenvalue weighted by atomic mass is 10.1. The van der Waals surface area contributed by atoms with Crippen LogP contribution in [0.5, 0.6) is 0 Å². The summed E-state index contributed by atoms with van der Waals surface area (Å²) in [4.78, 5) is 12.5. The summed E-state index contributed by atoms with van der Waals surface area (Å²) in [6.07, 6.45) is 1.83. The molecule has 0 spiro atoms. The van der Waals surface area contributed by atoms with Crippen LogP contribution >= 0.6 is 11.6 Å². The molecule has 0 aromatic rings. The van der Waals surface area contributed by atoms with Crippen molar-refractivity contribution in [2.75, 3.05) is 20.1 Å². The minimum Gasteiger partial charge on any atom is -0.450 e. The van der Waals surface area contributed by atoms with Gasteiger partial charge in [-0.05, 0) is 19.9 Å². The number of nitrogens with zero attached hydrogens (tertiary/aromatic N) is 1. The summed E-state index contributed by atoms with van der Waals surface area (Å²) in [6, 6.07) is 0. The zero-order chi connectivity index (χ0) is 8.27. The first kappa shape index (κ1) is 8.81. The largest absolute Gasteiger partial charge is 0.450 e. The highest BCUT2D eigenvalue weighted by atomic mass is 35.5. The number of rotatable bonds is 1. The summed E-state index contributed by atoms with van der Waals surface area (Å²) in [5.74, 6) is 0. The topological polar surface area (TPSA) is 29.5 Å². The Hall–Kier alpha value is -0.280. The van der Waals surface area contributed by atoms with Gasteiger partial charge >= 0.3 is 5.43 Å². The molecule has 1 saturated heterocycles. The van der Waals surface area contributed by atoms with Crippen LogP contribution in [0, 0.1) is 0 Å². The number of halogens is 1. The molecule has 11 heavy (non-hydrogen) atoms. The molecule has 0 radical (unpaired) electrons. The van der Waals surface area contributed by atoms with Crippen molar-refractivity contribution in [1.29, 1.82) is 0 Å². The Morgan fingerprint density at radius 3 is 2.55 bits per heavy atom. The number of ether oxygens (including phenoxy) is 1. The van der Waals surface area contributed by atoms with E-state index in [-0.39, 0.29) is 6.10 Å². The third-order valence-corrected chi connectivity index (χ3v) is 2.01. The number of hydrogen-bond acceptors (Lipinski definition) is 3. The van der Waals surface area contributed by atoms with E-state index >= 15 is 0 Å². The Kier molecular flexibility index (Phi) is 3.15. The third-order valence-electron chi connectivity index (χ3n) is 1.92. The molecule has 1 fully saturated rings. The normalized spacial score (nSPS) is 21.6. The summed E-state index contributed by atoms with van der Waals surface area (Å²) < 4.78 is 4.84. The molecule has 0 amide bonds. The standard InChI is InChI=1S/C7H12ClNO2/c1-9-4-2-6(3-5-9)11-7(8)10/h6H,2-5H2,1H3. The van der Waals surface area contributed by atoms with Crippen molar-refractivity contribution in [2.45, 2.75) is 18.9 Å². The second kappa shape index (κ2) is 3.93. The van der Waals surface area contributed by atoms with Gasteiger partial charge in [-0.1, -0.05) is 0 Å². The average molecular weight is 178 g/mol. The van der Waals surface area contributed by atoms with Gasteiger partial charge in [-0.15, -0.1) is 0 Å². The molecule has 1 aliphatic heterocycles. The molecule has 0 aromatic carbocycles. The number of carbonyl (C=O) groups excluding carboxylic acids is 1. The lowest BCUT2D eigenvalue weighted by Crippen LogP contribution is -2.34. The Balaban J connectivity index is 2.22. The summed E-state index contributed by atoms with van der Waals surface area (Å²) in [7, 11) is 2.05. The molecule has 1 rings (SSSR count). The monoisotopic (exact) mass is 177 g/mol. The Labute approximate surface area is 71.3 Å². The molecule has 0 N–H and O–H groups in total. The van der Waals surface area contributed by atoms with E-state index in [4.69, 9.17) is 16.3 Å². The van der Waals surface area contributed by atoms with Crippen LogP contribution < -0.4 is 0 Å². The fraction of sp³-hybridized carbons (Fsp3) is 0.857. The maximum atomic E-state index is 10.3. The minimum atomic E-state index is -0.681. The fourth-order valence-electron chi connectivity index (χ4n) is 1.23. The van der Waals surface area contributed by atoms with Crippen molar-refractivity contribution in [2.24, 2.45) is 0 Å². The van der Waals surface area contributed by atoms with Gasteiger partial charge in [-0.3, -0.25) is 0 Å². The zero-order valence-electron chi connectivity index (χ0n) is 6.55. The summed E-state index contributed by atoms with van der Waals surface area (Å²) in [5, 5.41) is 0. The molecule has 0 aromatic heterocycles. The van der Waals surface area contributed by atoms with Gasteiger partial charge in [-0.2, -0.15) is 0 Å². The van der Waals surface area contributed by atoms with Gasteiger partial charge in [0.1, 0.15) is 6.10 Å². The van der Waals surface area contributed by atoms with Crippen LogP contribution in [0.1, 0.15) is 12.8 Å². The van der Waals surface area contributed by atoms with Crippen LogP contribution in [0.4, 0.5) is 4.79 Å². The zero-order valence-corrected chi connectivity index (χ0v) is 7.30. The van der Waals surface area contributed by atoms with Crippen molar-refractivity contribution in [3.8, 4) is 0 Å². The van der Waals surface area contributed by atoms with Crippen LogP contribution in [0.2, 0.25) is 0 Å². The van der Waals surface area contributed by atoms with Crippen molar-refractivity contribution in [3.05, 3.63) is 0 Å². The van der Waals surface area contributed by atoms with Gasteiger partial charge in [0.05, 0.1) is 0 Å². The number of carbonyl (C=O) groups is 1. The summed E-state index contributed by atoms with van der Waals surface area (Å²) in [5.41, 5.74) is -0.681. The second-order valence-corrected chi connectivity index (χ2v) is 3.17. The summed E-state index contributed by atoms with van der Waals surface area (Å²) in [6.45, 7) is 1.96. The fourth-order valence-corrected chi connectivity index (χ4v) is 1.36. The molecule has 1 heterocycles. The van der Waals surface area contributed by atoms with E-state index in [2.05, 4.69) is 11.9 Å². The molecule has 0 atom stereocenters. The van der Waals surface area contributed by atoms with Crippen molar-refractivity contribution in [1.82, 2.24) is 4.90 Å². The summed E-state index contributed by atoms with van der Waals surface area (Å²) >= 11 is 5.07. The molecule has 0 saturated carbocycles. The molecule has 64 valence electrons. The van der Waals surface area contributed by atoms with Crippen LogP contribution in [0.15, 0.2) is 0 Å². The smallest absolute Gasteiger partial charge is 0.404 e. The van der Waals surface area contributed by atoms with E-state index in [9.17, 15) is 4.79 Å². The number of piperidine rings is 1. The highest BCUT2D eigenvalue weighted by Gasteiger charge is 2.18. The number of hydrogen-bond donors (Lipinski definition) is 0. The van der Waals surface area contributed by atoms with Crippen molar-refractivity contribution in [3.63, 3.8) is 0 Å². The Morgan fingerprint density at radius 2 is 2.09 bits per heavy atom. The highest BCUT2D eigenvalue weighted by Crippen LogP contribution is 2.12. The maximum absolute atomic E-state index is 10.3. The molecular formula is C7H12ClNO2. The first-order valence-electron chi connectivity index (χ1n) is 3.73. The Morgan fingerprint density at radius 1 is 1.55 bits per heavy atom. The van der Waals surface area contributed by atoms with E-state index in [0.717, 1.165) is 25.9 Å². The van der Waals surface area contributed by atoms with E-state index in [1.807, 2.05) is 0 Å². The predicted octanol–water partition coefficient (Wildman–Crippen LogP) is 1.46. The predicted molar refractivity (Wildman–Crippen MR) is 42.9 cm³/mol. The SMILES string of the molecule is CN1CCC(OC(=O)Cl)CC1. The number of likely N-dealkylation sites (tertiary alicyclic amines) is 1. The van der Waals surface area contributed by atoms with Crippen molar-refractivity contribution >= 4 is 17.0 Å². The molecule has 3 nitrogen and oxygen atoms in total. The van der Waals surface area contributed by atoms with Gasteiger partial charge in [0, 0.05) is 24.7 Å². The van der Waals surface area contributed by atoms with Gasteiger partial charge < -0.3 is 9.64 Å². The van der Waals surface area contributed by atoms with Gasteiger partial charge in [0.2, 0.25) is 0 Å². The molecule has 0 unspecified atom stereocenters. The first-order chi connectivity index (χ1) is 5.18. The molecule has 0 bridgehead atoms. The van der Waals surface area contributed by atoms with E-state index < -0.39 is 5.43 Å². The van der Waals surface area contributed by atoms with E-state index in [1.165, 1.54) is 0 Å². The third kappa shape index (κ3) is 3.08. The quantitative estimate of drug-likeness (QED) is 0.568.